The zero-order valence-corrected chi connectivity index (χ0v) is 14.6. The number of carbonyl (C=O) groups is 1. The summed E-state index contributed by atoms with van der Waals surface area (Å²) in [6, 6.07) is 13.7. The minimum atomic E-state index is -0.263. The van der Waals surface area contributed by atoms with Gasteiger partial charge < -0.3 is 10.6 Å². The molecular weight excluding hydrogens is 327 g/mol. The average molecular weight is 349 g/mol. The van der Waals surface area contributed by atoms with Crippen molar-refractivity contribution in [2.45, 2.75) is 26.4 Å². The molecule has 2 aromatic rings. The third kappa shape index (κ3) is 5.62. The molecule has 2 aromatic carbocycles. The number of amides is 1. The predicted molar refractivity (Wildman–Crippen MR) is 95.3 cm³/mol. The van der Waals surface area contributed by atoms with Crippen LogP contribution < -0.4 is 10.6 Å². The van der Waals surface area contributed by atoms with Crippen LogP contribution in [0.2, 0.25) is 5.02 Å². The Labute approximate surface area is 147 Å². The van der Waals surface area contributed by atoms with Gasteiger partial charge in [0.15, 0.2) is 0 Å². The van der Waals surface area contributed by atoms with E-state index in [1.807, 2.05) is 18.2 Å². The molecule has 0 aliphatic heterocycles. The second kappa shape index (κ2) is 8.81. The van der Waals surface area contributed by atoms with Crippen LogP contribution in [-0.4, -0.2) is 12.5 Å². The van der Waals surface area contributed by atoms with Crippen molar-refractivity contribution in [1.29, 1.82) is 0 Å². The molecule has 0 aromatic heterocycles. The lowest BCUT2D eigenvalue weighted by atomic mass is 9.96. The Kier molecular flexibility index (Phi) is 6.76. The molecule has 0 saturated carbocycles. The van der Waals surface area contributed by atoms with E-state index in [4.69, 9.17) is 11.6 Å². The maximum Gasteiger partial charge on any atom is 0.234 e. The highest BCUT2D eigenvalue weighted by molar-refractivity contribution is 6.30. The van der Waals surface area contributed by atoms with E-state index >= 15 is 0 Å². The van der Waals surface area contributed by atoms with Crippen LogP contribution in [-0.2, 0) is 11.3 Å². The summed E-state index contributed by atoms with van der Waals surface area (Å²) in [5, 5.41) is 6.75. The van der Waals surface area contributed by atoms with Crippen LogP contribution in [0.4, 0.5) is 4.39 Å². The zero-order chi connectivity index (χ0) is 17.5. The van der Waals surface area contributed by atoms with E-state index in [1.54, 1.807) is 18.2 Å². The molecule has 0 spiro atoms. The fourth-order valence-electron chi connectivity index (χ4n) is 2.52. The summed E-state index contributed by atoms with van der Waals surface area (Å²) in [5.74, 6) is -0.0838. The first-order valence-electron chi connectivity index (χ1n) is 7.95. The van der Waals surface area contributed by atoms with Crippen molar-refractivity contribution in [3.05, 3.63) is 70.5 Å². The van der Waals surface area contributed by atoms with Gasteiger partial charge in [-0.2, -0.15) is 0 Å². The lowest BCUT2D eigenvalue weighted by Gasteiger charge is -2.22. The van der Waals surface area contributed by atoms with Crippen molar-refractivity contribution >= 4 is 17.5 Å². The fraction of sp³-hybridized carbons (Fsp3) is 0.316. The lowest BCUT2D eigenvalue weighted by molar-refractivity contribution is -0.120. The van der Waals surface area contributed by atoms with Gasteiger partial charge in [-0.05, 0) is 41.3 Å². The number of nitrogens with one attached hydrogen (secondary N) is 2. The van der Waals surface area contributed by atoms with Gasteiger partial charge >= 0.3 is 0 Å². The van der Waals surface area contributed by atoms with Crippen molar-refractivity contribution in [3.63, 3.8) is 0 Å². The van der Waals surface area contributed by atoms with E-state index in [0.717, 1.165) is 11.1 Å². The summed E-state index contributed by atoms with van der Waals surface area (Å²) < 4.78 is 13.1. The molecule has 3 nitrogen and oxygen atoms in total. The quantitative estimate of drug-likeness (QED) is 0.791. The van der Waals surface area contributed by atoms with E-state index in [1.165, 1.54) is 12.1 Å². The summed E-state index contributed by atoms with van der Waals surface area (Å²) >= 11 is 5.92. The van der Waals surface area contributed by atoms with Crippen molar-refractivity contribution in [1.82, 2.24) is 10.6 Å². The molecule has 24 heavy (non-hydrogen) atoms. The van der Waals surface area contributed by atoms with Crippen LogP contribution >= 0.6 is 11.6 Å². The summed E-state index contributed by atoms with van der Waals surface area (Å²) in [7, 11) is 0. The Morgan fingerprint density at radius 1 is 1.17 bits per heavy atom. The second-order valence-electron chi connectivity index (χ2n) is 6.06. The van der Waals surface area contributed by atoms with Crippen LogP contribution in [0.3, 0.4) is 0 Å². The van der Waals surface area contributed by atoms with Crippen LogP contribution in [0.15, 0.2) is 48.5 Å². The highest BCUT2D eigenvalue weighted by Gasteiger charge is 2.16. The first-order chi connectivity index (χ1) is 11.5. The molecule has 1 atom stereocenters. The molecule has 0 fully saturated rings. The van der Waals surface area contributed by atoms with E-state index in [-0.39, 0.29) is 30.2 Å². The second-order valence-corrected chi connectivity index (χ2v) is 6.50. The Hall–Kier alpha value is -1.91. The van der Waals surface area contributed by atoms with Crippen LogP contribution in [0.25, 0.3) is 0 Å². The topological polar surface area (TPSA) is 41.1 Å². The molecule has 0 aliphatic rings. The van der Waals surface area contributed by atoms with Gasteiger partial charge in [-0.1, -0.05) is 49.7 Å². The smallest absolute Gasteiger partial charge is 0.234 e. The fourth-order valence-corrected chi connectivity index (χ4v) is 2.73. The van der Waals surface area contributed by atoms with Gasteiger partial charge in [0.25, 0.3) is 0 Å². The molecule has 0 saturated heterocycles. The number of rotatable bonds is 7. The van der Waals surface area contributed by atoms with Crippen LogP contribution in [0.5, 0.6) is 0 Å². The molecule has 0 unspecified atom stereocenters. The minimum Gasteiger partial charge on any atom is -0.351 e. The average Bonchev–Trinajstić information content (AvgIpc) is 2.54. The van der Waals surface area contributed by atoms with Gasteiger partial charge in [0.1, 0.15) is 5.82 Å². The molecule has 0 aliphatic carbocycles. The molecule has 0 bridgehead atoms. The largest absolute Gasteiger partial charge is 0.351 e. The van der Waals surface area contributed by atoms with E-state index in [9.17, 15) is 9.18 Å². The summed E-state index contributed by atoms with van der Waals surface area (Å²) in [6.45, 7) is 4.75. The van der Waals surface area contributed by atoms with Crippen molar-refractivity contribution in [2.24, 2.45) is 5.92 Å². The van der Waals surface area contributed by atoms with Crippen LogP contribution in [0.1, 0.15) is 31.0 Å². The van der Waals surface area contributed by atoms with Crippen molar-refractivity contribution < 1.29 is 9.18 Å². The maximum absolute atomic E-state index is 13.1. The molecule has 128 valence electrons. The molecule has 2 N–H and O–H groups in total. The summed E-state index contributed by atoms with van der Waals surface area (Å²) in [6.07, 6.45) is 0. The Morgan fingerprint density at radius 2 is 1.88 bits per heavy atom. The lowest BCUT2D eigenvalue weighted by Crippen LogP contribution is -2.37. The summed E-state index contributed by atoms with van der Waals surface area (Å²) in [4.78, 5) is 12.0. The number of carbonyl (C=O) groups excluding carboxylic acids is 1. The predicted octanol–water partition coefficient (Wildman–Crippen LogP) is 4.08. The minimum absolute atomic E-state index is 0.0116. The number of hydrogen-bond acceptors (Lipinski definition) is 2. The molecule has 2 rings (SSSR count). The number of halogens is 2. The van der Waals surface area contributed by atoms with Gasteiger partial charge in [-0.15, -0.1) is 0 Å². The highest BCUT2D eigenvalue weighted by Crippen LogP contribution is 2.21. The maximum atomic E-state index is 13.1. The number of hydrogen-bond donors (Lipinski definition) is 2. The molecule has 0 heterocycles. The first kappa shape index (κ1) is 18.4. The zero-order valence-electron chi connectivity index (χ0n) is 13.9. The van der Waals surface area contributed by atoms with E-state index in [2.05, 4.69) is 24.5 Å². The Morgan fingerprint density at radius 3 is 2.50 bits per heavy atom. The third-order valence-electron chi connectivity index (χ3n) is 3.76. The molecule has 1 amide bonds. The molecule has 5 heteroatoms. The van der Waals surface area contributed by atoms with Crippen molar-refractivity contribution in [3.8, 4) is 0 Å². The van der Waals surface area contributed by atoms with E-state index < -0.39 is 0 Å². The monoisotopic (exact) mass is 348 g/mol. The van der Waals surface area contributed by atoms with Gasteiger partial charge in [0, 0.05) is 17.6 Å². The summed E-state index contributed by atoms with van der Waals surface area (Å²) in [5.41, 5.74) is 1.92. The van der Waals surface area contributed by atoms with Gasteiger partial charge in [0.05, 0.1) is 6.54 Å². The third-order valence-corrected chi connectivity index (χ3v) is 3.99. The number of benzene rings is 2. The molecular formula is C19H22ClFN2O. The Balaban J connectivity index is 1.87. The highest BCUT2D eigenvalue weighted by atomic mass is 35.5. The molecule has 0 radical (unpaired) electrons. The van der Waals surface area contributed by atoms with Crippen LogP contribution in [0, 0.1) is 11.7 Å². The van der Waals surface area contributed by atoms with Gasteiger partial charge in [-0.25, -0.2) is 4.39 Å². The van der Waals surface area contributed by atoms with Crippen molar-refractivity contribution in [2.75, 3.05) is 6.54 Å². The van der Waals surface area contributed by atoms with E-state index in [0.29, 0.717) is 11.6 Å². The Bertz CT molecular complexity index is 673. The first-order valence-corrected chi connectivity index (χ1v) is 8.33. The standard InChI is InChI=1S/C19H22ClFN2O/c1-13(2)19(15-6-8-17(21)9-7-15)23-12-18(24)22-11-14-4-3-5-16(20)10-14/h3-10,13,19,23H,11-12H2,1-2H3,(H,22,24)/t19-/m0/s1. The SMILES string of the molecule is CC(C)[C@H](NCC(=O)NCc1cccc(Cl)c1)c1ccc(F)cc1. The van der Waals surface area contributed by atoms with Gasteiger partial charge in [-0.3, -0.25) is 4.79 Å². The van der Waals surface area contributed by atoms with Gasteiger partial charge in [0.2, 0.25) is 5.91 Å². The normalized spacial score (nSPS) is 12.2.